The molecule has 0 aromatic heterocycles. The molecular formula is C12H27N3O4S. The lowest BCUT2D eigenvalue weighted by Gasteiger charge is -2.26. The minimum Gasteiger partial charge on any atom is -0.379 e. The van der Waals surface area contributed by atoms with E-state index >= 15 is 0 Å². The summed E-state index contributed by atoms with van der Waals surface area (Å²) in [4.78, 5) is 9.40. The molecule has 0 aromatic rings. The maximum Gasteiger partial charge on any atom is 0.233 e. The van der Waals surface area contributed by atoms with Crippen LogP contribution < -0.4 is 10.6 Å². The number of nitrogens with two attached hydrogens (primary N) is 1. The monoisotopic (exact) mass is 309 g/mol. The predicted octanol–water partition coefficient (Wildman–Crippen LogP) is -0.311. The van der Waals surface area contributed by atoms with E-state index in [2.05, 4.69) is 9.79 Å². The first-order valence-corrected chi connectivity index (χ1v) is 8.91. The van der Waals surface area contributed by atoms with Gasteiger partial charge < -0.3 is 10.5 Å². The molecule has 1 heterocycles. The first-order valence-electron chi connectivity index (χ1n) is 7.25. The lowest BCUT2D eigenvalue weighted by atomic mass is 10.2. The van der Waals surface area contributed by atoms with Gasteiger partial charge in [-0.05, 0) is 19.4 Å². The molecule has 1 fully saturated rings. The molecule has 0 aliphatic carbocycles. The van der Waals surface area contributed by atoms with Gasteiger partial charge in [-0.15, -0.1) is 0 Å². The Morgan fingerprint density at radius 3 is 2.55 bits per heavy atom. The highest BCUT2D eigenvalue weighted by Gasteiger charge is 2.12. The molecule has 20 heavy (non-hydrogen) atoms. The van der Waals surface area contributed by atoms with Crippen molar-refractivity contribution in [1.82, 2.24) is 9.79 Å². The van der Waals surface area contributed by atoms with Crippen LogP contribution >= 0.6 is 0 Å². The number of rotatable bonds is 11. The minimum absolute atomic E-state index is 0.106. The van der Waals surface area contributed by atoms with E-state index in [4.69, 9.17) is 15.3 Å². The second-order valence-corrected chi connectivity index (χ2v) is 6.71. The number of nitrogens with one attached hydrogen (secondary N) is 1. The van der Waals surface area contributed by atoms with Crippen LogP contribution in [0.5, 0.6) is 0 Å². The van der Waals surface area contributed by atoms with E-state index in [9.17, 15) is 8.42 Å². The van der Waals surface area contributed by atoms with E-state index < -0.39 is 10.0 Å². The second-order valence-electron chi connectivity index (χ2n) is 4.91. The average molecular weight is 309 g/mol. The van der Waals surface area contributed by atoms with E-state index in [1.54, 1.807) is 0 Å². The SMILES string of the molecule is NCCCCCCS(=O)(=O)NOCCN1CCOCC1. The fraction of sp³-hybridized carbons (Fsp3) is 1.00. The molecule has 0 aromatic carbocycles. The zero-order valence-electron chi connectivity index (χ0n) is 12.1. The molecule has 1 aliphatic heterocycles. The quantitative estimate of drug-likeness (QED) is 0.402. The highest BCUT2D eigenvalue weighted by atomic mass is 32.2. The van der Waals surface area contributed by atoms with Gasteiger partial charge in [0.25, 0.3) is 0 Å². The normalized spacial score (nSPS) is 17.4. The summed E-state index contributed by atoms with van der Waals surface area (Å²) in [6.45, 7) is 4.93. The molecule has 8 heteroatoms. The number of sulfonamides is 1. The Labute approximate surface area is 121 Å². The molecule has 0 bridgehead atoms. The van der Waals surface area contributed by atoms with E-state index in [1.165, 1.54) is 0 Å². The first kappa shape index (κ1) is 17.8. The lowest BCUT2D eigenvalue weighted by molar-refractivity contribution is 0.0125. The number of ether oxygens (including phenoxy) is 1. The van der Waals surface area contributed by atoms with Gasteiger partial charge in [0, 0.05) is 19.6 Å². The van der Waals surface area contributed by atoms with Gasteiger partial charge in [-0.2, -0.15) is 0 Å². The number of hydrogen-bond donors (Lipinski definition) is 2. The molecule has 3 N–H and O–H groups in total. The Morgan fingerprint density at radius 1 is 1.15 bits per heavy atom. The average Bonchev–Trinajstić information content (AvgIpc) is 2.44. The molecule has 1 saturated heterocycles. The summed E-state index contributed by atoms with van der Waals surface area (Å²) in [6.07, 6.45) is 3.45. The van der Waals surface area contributed by atoms with E-state index in [1.807, 2.05) is 0 Å². The predicted molar refractivity (Wildman–Crippen MR) is 77.7 cm³/mol. The zero-order valence-corrected chi connectivity index (χ0v) is 12.9. The topological polar surface area (TPSA) is 93.9 Å². The van der Waals surface area contributed by atoms with Crippen LogP contribution in [0.4, 0.5) is 0 Å². The molecule has 120 valence electrons. The van der Waals surface area contributed by atoms with Gasteiger partial charge in [0.05, 0.1) is 25.6 Å². The van der Waals surface area contributed by atoms with Crippen LogP contribution in [0.2, 0.25) is 0 Å². The summed E-state index contributed by atoms with van der Waals surface area (Å²) in [5.41, 5.74) is 5.38. The molecule has 0 saturated carbocycles. The highest BCUT2D eigenvalue weighted by molar-refractivity contribution is 7.89. The third-order valence-corrected chi connectivity index (χ3v) is 4.36. The molecule has 0 atom stereocenters. The zero-order chi connectivity index (χ0) is 14.7. The summed E-state index contributed by atoms with van der Waals surface area (Å²) < 4.78 is 28.5. The van der Waals surface area contributed by atoms with Crippen molar-refractivity contribution in [2.24, 2.45) is 5.73 Å². The lowest BCUT2D eigenvalue weighted by Crippen LogP contribution is -2.39. The van der Waals surface area contributed by atoms with Crippen molar-refractivity contribution < 1.29 is 18.0 Å². The smallest absolute Gasteiger partial charge is 0.233 e. The van der Waals surface area contributed by atoms with Crippen LogP contribution in [0.1, 0.15) is 25.7 Å². The summed E-state index contributed by atoms with van der Waals surface area (Å²) in [7, 11) is -3.32. The second kappa shape index (κ2) is 10.5. The summed E-state index contributed by atoms with van der Waals surface area (Å²) in [6, 6.07) is 0. The summed E-state index contributed by atoms with van der Waals surface area (Å²) in [5, 5.41) is 0. The maximum absolute atomic E-state index is 11.6. The first-order chi connectivity index (χ1) is 9.64. The largest absolute Gasteiger partial charge is 0.379 e. The van der Waals surface area contributed by atoms with Gasteiger partial charge in [0.1, 0.15) is 0 Å². The van der Waals surface area contributed by atoms with Crippen molar-refractivity contribution in [2.45, 2.75) is 25.7 Å². The Bertz CT molecular complexity index is 332. The number of unbranched alkanes of at least 4 members (excludes halogenated alkanes) is 3. The maximum atomic E-state index is 11.6. The third-order valence-electron chi connectivity index (χ3n) is 3.17. The molecule has 0 amide bonds. The number of nitrogens with zero attached hydrogens (tertiary/aromatic N) is 1. The molecule has 0 unspecified atom stereocenters. The molecular weight excluding hydrogens is 282 g/mol. The fourth-order valence-electron chi connectivity index (χ4n) is 1.96. The van der Waals surface area contributed by atoms with Crippen molar-refractivity contribution in [3.8, 4) is 0 Å². The van der Waals surface area contributed by atoms with Gasteiger partial charge in [-0.3, -0.25) is 9.74 Å². The number of hydrogen-bond acceptors (Lipinski definition) is 6. The summed E-state index contributed by atoms with van der Waals surface area (Å²) in [5.74, 6) is 0.106. The van der Waals surface area contributed by atoms with Gasteiger partial charge in [-0.25, -0.2) is 8.42 Å². The molecule has 0 spiro atoms. The minimum atomic E-state index is -3.32. The van der Waals surface area contributed by atoms with Crippen LogP contribution in [0, 0.1) is 0 Å². The fourth-order valence-corrected chi connectivity index (χ4v) is 2.89. The Hall–Kier alpha value is -0.250. The Kier molecular flexibility index (Phi) is 9.32. The van der Waals surface area contributed by atoms with Crippen LogP contribution in [-0.2, 0) is 19.6 Å². The Balaban J connectivity index is 2.01. The van der Waals surface area contributed by atoms with Gasteiger partial charge >= 0.3 is 0 Å². The van der Waals surface area contributed by atoms with Crippen LogP contribution in [0.3, 0.4) is 0 Å². The molecule has 7 nitrogen and oxygen atoms in total. The highest BCUT2D eigenvalue weighted by Crippen LogP contribution is 2.01. The van der Waals surface area contributed by atoms with Crippen molar-refractivity contribution in [1.29, 1.82) is 0 Å². The Morgan fingerprint density at radius 2 is 1.85 bits per heavy atom. The van der Waals surface area contributed by atoms with Gasteiger partial charge in [-0.1, -0.05) is 17.7 Å². The third kappa shape index (κ3) is 8.83. The van der Waals surface area contributed by atoms with E-state index in [0.29, 0.717) is 26.1 Å². The number of morpholine rings is 1. The van der Waals surface area contributed by atoms with Crippen molar-refractivity contribution in [2.75, 3.05) is 51.8 Å². The van der Waals surface area contributed by atoms with Crippen molar-refractivity contribution >= 4 is 10.0 Å². The van der Waals surface area contributed by atoms with Crippen LogP contribution in [0.15, 0.2) is 0 Å². The van der Waals surface area contributed by atoms with Crippen molar-refractivity contribution in [3.63, 3.8) is 0 Å². The van der Waals surface area contributed by atoms with Crippen LogP contribution in [0.25, 0.3) is 0 Å². The standard InChI is InChI=1S/C12H27N3O4S/c13-5-3-1-2-4-12-20(16,17)14-19-11-8-15-6-9-18-10-7-15/h14H,1-13H2. The van der Waals surface area contributed by atoms with Crippen molar-refractivity contribution in [3.05, 3.63) is 0 Å². The van der Waals surface area contributed by atoms with Crippen LogP contribution in [-0.4, -0.2) is 65.1 Å². The van der Waals surface area contributed by atoms with Gasteiger partial charge in [0.2, 0.25) is 10.0 Å². The molecule has 1 rings (SSSR count). The van der Waals surface area contributed by atoms with E-state index in [0.717, 1.165) is 45.6 Å². The summed E-state index contributed by atoms with van der Waals surface area (Å²) >= 11 is 0. The molecule has 0 radical (unpaired) electrons. The van der Waals surface area contributed by atoms with Gasteiger partial charge in [0.15, 0.2) is 0 Å². The van der Waals surface area contributed by atoms with E-state index in [-0.39, 0.29) is 5.75 Å². The molecule has 1 aliphatic rings.